The van der Waals surface area contributed by atoms with Gasteiger partial charge in [0.2, 0.25) is 0 Å². The average Bonchev–Trinajstić information content (AvgIpc) is 3.01. The summed E-state index contributed by atoms with van der Waals surface area (Å²) in [4.78, 5) is 29.5. The Morgan fingerprint density at radius 1 is 1.15 bits per heavy atom. The maximum absolute atomic E-state index is 13.1. The van der Waals surface area contributed by atoms with Gasteiger partial charge in [-0.3, -0.25) is 9.59 Å². The molecule has 0 unspecified atom stereocenters. The van der Waals surface area contributed by atoms with E-state index in [-0.39, 0.29) is 11.3 Å². The molecule has 7 heteroatoms. The largest absolute Gasteiger partial charge is 0.507 e. The van der Waals surface area contributed by atoms with Crippen LogP contribution in [0.25, 0.3) is 5.76 Å². The second kappa shape index (κ2) is 10.4. The quantitative estimate of drug-likeness (QED) is 0.345. The van der Waals surface area contributed by atoms with Crippen LogP contribution in [0.1, 0.15) is 36.6 Å². The number of ether oxygens (including phenoxy) is 1. The molecule has 1 heterocycles. The number of Topliss-reactive ketones (excluding diaryl/α,β-unsaturated/α-hetero) is 1. The fourth-order valence-corrected chi connectivity index (χ4v) is 3.91. The number of aryl methyl sites for hydroxylation is 1. The van der Waals surface area contributed by atoms with Crippen molar-refractivity contribution in [2.24, 2.45) is 5.92 Å². The number of rotatable bonds is 8. The molecule has 1 aliphatic rings. The highest BCUT2D eigenvalue weighted by atomic mass is 35.5. The maximum Gasteiger partial charge on any atom is 0.295 e. The molecule has 2 aromatic rings. The number of likely N-dealkylation sites (N-methyl/N-ethyl adjacent to an activating group) is 1. The van der Waals surface area contributed by atoms with Crippen LogP contribution in [0.15, 0.2) is 48.0 Å². The predicted molar refractivity (Wildman–Crippen MR) is 131 cm³/mol. The van der Waals surface area contributed by atoms with Crippen LogP contribution < -0.4 is 4.74 Å². The SMILES string of the molecule is Cc1cc(/C(O)=C2\C(=O)C(=O)N(CCN(C)C)[C@H]2c2ccc(Cl)cc2)ccc1OCC(C)C. The number of hydrogen-bond donors (Lipinski definition) is 1. The van der Waals surface area contributed by atoms with Crippen molar-refractivity contribution >= 4 is 29.1 Å². The van der Waals surface area contributed by atoms with Gasteiger partial charge in [-0.15, -0.1) is 0 Å². The van der Waals surface area contributed by atoms with Crippen LogP contribution in [0.3, 0.4) is 0 Å². The zero-order valence-electron chi connectivity index (χ0n) is 19.8. The first kappa shape index (κ1) is 24.8. The number of ketones is 1. The molecule has 3 rings (SSSR count). The first-order chi connectivity index (χ1) is 15.6. The fraction of sp³-hybridized carbons (Fsp3) is 0.385. The van der Waals surface area contributed by atoms with Gasteiger partial charge in [-0.05, 0) is 68.4 Å². The molecule has 2 aromatic carbocycles. The first-order valence-corrected chi connectivity index (χ1v) is 11.4. The Kier molecular flexibility index (Phi) is 7.82. The summed E-state index contributed by atoms with van der Waals surface area (Å²) in [5, 5.41) is 11.8. The number of aliphatic hydroxyl groups is 1. The minimum Gasteiger partial charge on any atom is -0.507 e. The van der Waals surface area contributed by atoms with Crippen molar-refractivity contribution in [2.45, 2.75) is 26.8 Å². The monoisotopic (exact) mass is 470 g/mol. The van der Waals surface area contributed by atoms with Gasteiger partial charge in [0.1, 0.15) is 11.5 Å². The van der Waals surface area contributed by atoms with Gasteiger partial charge < -0.3 is 19.6 Å². The summed E-state index contributed by atoms with van der Waals surface area (Å²) in [6, 6.07) is 11.6. The third-order valence-electron chi connectivity index (χ3n) is 5.53. The van der Waals surface area contributed by atoms with Gasteiger partial charge >= 0.3 is 0 Å². The number of hydrogen-bond acceptors (Lipinski definition) is 5. The van der Waals surface area contributed by atoms with Crippen LogP contribution in [0.2, 0.25) is 5.02 Å². The van der Waals surface area contributed by atoms with Crippen molar-refractivity contribution in [2.75, 3.05) is 33.8 Å². The minimum absolute atomic E-state index is 0.0799. The van der Waals surface area contributed by atoms with E-state index in [0.717, 1.165) is 11.3 Å². The Labute approximate surface area is 200 Å². The number of halogens is 1. The second-order valence-electron chi connectivity index (χ2n) is 9.03. The van der Waals surface area contributed by atoms with Crippen LogP contribution >= 0.6 is 11.6 Å². The molecule has 0 saturated carbocycles. The lowest BCUT2D eigenvalue weighted by atomic mass is 9.95. The van der Waals surface area contributed by atoms with E-state index in [9.17, 15) is 14.7 Å². The zero-order valence-corrected chi connectivity index (χ0v) is 20.5. The molecule has 1 fully saturated rings. The van der Waals surface area contributed by atoms with Crippen molar-refractivity contribution in [1.29, 1.82) is 0 Å². The average molecular weight is 471 g/mol. The molecule has 0 spiro atoms. The maximum atomic E-state index is 13.1. The van der Waals surface area contributed by atoms with Crippen LogP contribution in [0, 0.1) is 12.8 Å². The van der Waals surface area contributed by atoms with E-state index >= 15 is 0 Å². The van der Waals surface area contributed by atoms with Gasteiger partial charge in [0.05, 0.1) is 18.2 Å². The molecular weight excluding hydrogens is 440 g/mol. The number of amides is 1. The van der Waals surface area contributed by atoms with Gasteiger partial charge in [-0.2, -0.15) is 0 Å². The smallest absolute Gasteiger partial charge is 0.295 e. The Morgan fingerprint density at radius 2 is 1.82 bits per heavy atom. The highest BCUT2D eigenvalue weighted by Gasteiger charge is 2.45. The molecule has 0 bridgehead atoms. The van der Waals surface area contributed by atoms with Gasteiger partial charge in [0, 0.05) is 23.7 Å². The van der Waals surface area contributed by atoms with Gasteiger partial charge in [-0.25, -0.2) is 0 Å². The third kappa shape index (κ3) is 5.57. The zero-order chi connectivity index (χ0) is 24.3. The molecule has 0 aromatic heterocycles. The van der Waals surface area contributed by atoms with E-state index < -0.39 is 17.7 Å². The summed E-state index contributed by atoms with van der Waals surface area (Å²) in [6.07, 6.45) is 0. The predicted octanol–water partition coefficient (Wildman–Crippen LogP) is 4.67. The topological polar surface area (TPSA) is 70.1 Å². The van der Waals surface area contributed by atoms with Crippen molar-refractivity contribution in [3.8, 4) is 5.75 Å². The lowest BCUT2D eigenvalue weighted by molar-refractivity contribution is -0.140. The highest BCUT2D eigenvalue weighted by Crippen LogP contribution is 2.40. The van der Waals surface area contributed by atoms with Crippen molar-refractivity contribution in [1.82, 2.24) is 9.80 Å². The van der Waals surface area contributed by atoms with Crippen molar-refractivity contribution in [3.63, 3.8) is 0 Å². The number of carbonyl (C=O) groups is 2. The van der Waals surface area contributed by atoms with E-state index in [1.807, 2.05) is 25.9 Å². The van der Waals surface area contributed by atoms with Crippen LogP contribution in [0.5, 0.6) is 5.75 Å². The normalized spacial score (nSPS) is 17.9. The Hall–Kier alpha value is -2.83. The molecule has 176 valence electrons. The summed E-state index contributed by atoms with van der Waals surface area (Å²) in [5.74, 6) is -0.397. The Morgan fingerprint density at radius 3 is 2.39 bits per heavy atom. The molecule has 6 nitrogen and oxygen atoms in total. The Balaban J connectivity index is 2.06. The molecule has 1 aliphatic heterocycles. The van der Waals surface area contributed by atoms with E-state index in [1.165, 1.54) is 4.90 Å². The summed E-state index contributed by atoms with van der Waals surface area (Å²) in [7, 11) is 3.80. The first-order valence-electron chi connectivity index (χ1n) is 11.0. The number of benzene rings is 2. The van der Waals surface area contributed by atoms with Crippen molar-refractivity contribution < 1.29 is 19.4 Å². The third-order valence-corrected chi connectivity index (χ3v) is 5.79. The highest BCUT2D eigenvalue weighted by molar-refractivity contribution is 6.46. The number of likely N-dealkylation sites (tertiary alicyclic amines) is 1. The van der Waals surface area contributed by atoms with Crippen molar-refractivity contribution in [3.05, 3.63) is 69.8 Å². The van der Waals surface area contributed by atoms with Crippen LogP contribution in [-0.4, -0.2) is 60.4 Å². The summed E-state index contributed by atoms with van der Waals surface area (Å²) < 4.78 is 5.83. The molecule has 0 aliphatic carbocycles. The summed E-state index contributed by atoms with van der Waals surface area (Å²) in [6.45, 7) is 7.54. The standard InChI is InChI=1S/C26H31ClN2O4/c1-16(2)15-33-21-11-8-19(14-17(21)3)24(30)22-23(18-6-9-20(27)10-7-18)29(13-12-28(4)5)26(32)25(22)31/h6-11,14,16,23,30H,12-13,15H2,1-5H3/b24-22+/t23-/m0/s1. The van der Waals surface area contributed by atoms with Gasteiger partial charge in [-0.1, -0.05) is 37.6 Å². The van der Waals surface area contributed by atoms with E-state index in [0.29, 0.717) is 41.8 Å². The molecule has 1 saturated heterocycles. The molecule has 1 amide bonds. The molecule has 33 heavy (non-hydrogen) atoms. The fourth-order valence-electron chi connectivity index (χ4n) is 3.78. The minimum atomic E-state index is -0.695. The summed E-state index contributed by atoms with van der Waals surface area (Å²) in [5.41, 5.74) is 2.10. The number of aliphatic hydroxyl groups excluding tert-OH is 1. The van der Waals surface area contributed by atoms with Gasteiger partial charge in [0.15, 0.2) is 0 Å². The number of carbonyl (C=O) groups excluding carboxylic acids is 2. The molecule has 1 atom stereocenters. The lowest BCUT2D eigenvalue weighted by Crippen LogP contribution is -2.35. The molecule has 1 N–H and O–H groups in total. The van der Waals surface area contributed by atoms with Crippen LogP contribution in [0.4, 0.5) is 0 Å². The molecule has 0 radical (unpaired) electrons. The van der Waals surface area contributed by atoms with Crippen LogP contribution in [-0.2, 0) is 9.59 Å². The van der Waals surface area contributed by atoms with E-state index in [1.54, 1.807) is 42.5 Å². The van der Waals surface area contributed by atoms with E-state index in [4.69, 9.17) is 16.3 Å². The molecular formula is C26H31ClN2O4. The lowest BCUT2D eigenvalue weighted by Gasteiger charge is -2.26. The van der Waals surface area contributed by atoms with E-state index in [2.05, 4.69) is 13.8 Å². The van der Waals surface area contributed by atoms with Gasteiger partial charge in [0.25, 0.3) is 11.7 Å². The number of nitrogens with zero attached hydrogens (tertiary/aromatic N) is 2. The Bertz CT molecular complexity index is 1060. The second-order valence-corrected chi connectivity index (χ2v) is 9.47. The summed E-state index contributed by atoms with van der Waals surface area (Å²) >= 11 is 6.06.